The van der Waals surface area contributed by atoms with Gasteiger partial charge in [-0.05, 0) is 40.9 Å². The van der Waals surface area contributed by atoms with Gasteiger partial charge in [0.1, 0.15) is 5.82 Å². The smallest absolute Gasteiger partial charge is 0.142 e. The molecule has 1 aliphatic rings. The molecule has 0 N–H and O–H groups in total. The van der Waals surface area contributed by atoms with E-state index in [1.165, 1.54) is 5.56 Å². The van der Waals surface area contributed by atoms with Gasteiger partial charge in [-0.3, -0.25) is 0 Å². The largest absolute Gasteiger partial charge is 0.380 e. The van der Waals surface area contributed by atoms with E-state index in [-0.39, 0.29) is 0 Å². The zero-order valence-corrected chi connectivity index (χ0v) is 10.6. The Labute approximate surface area is 98.6 Å². The van der Waals surface area contributed by atoms with Crippen molar-refractivity contribution in [2.24, 2.45) is 0 Å². The topological polar surface area (TPSA) is 25.4 Å². The molecular formula is C11H15BrN2O. The standard InChI is InChI=1S/C11H15BrN2O/c1-8-5-10(12)11(13-6-8)14-4-3-9(7-14)15-2/h5-6,9H,3-4,7H2,1-2H3. The van der Waals surface area contributed by atoms with Gasteiger partial charge in [0.25, 0.3) is 0 Å². The highest BCUT2D eigenvalue weighted by Crippen LogP contribution is 2.27. The lowest BCUT2D eigenvalue weighted by atomic mass is 10.3. The molecule has 1 aromatic rings. The fraction of sp³-hybridized carbons (Fsp3) is 0.545. The van der Waals surface area contributed by atoms with Crippen molar-refractivity contribution in [3.05, 3.63) is 22.3 Å². The quantitative estimate of drug-likeness (QED) is 0.825. The van der Waals surface area contributed by atoms with E-state index in [4.69, 9.17) is 4.74 Å². The number of pyridine rings is 1. The first-order valence-corrected chi connectivity index (χ1v) is 5.90. The number of rotatable bonds is 2. The number of aromatic nitrogens is 1. The zero-order chi connectivity index (χ0) is 10.8. The first-order chi connectivity index (χ1) is 7.20. The third-order valence-electron chi connectivity index (χ3n) is 2.74. The van der Waals surface area contributed by atoms with Gasteiger partial charge in [0.05, 0.1) is 10.6 Å². The third-order valence-corrected chi connectivity index (χ3v) is 3.32. The van der Waals surface area contributed by atoms with Crippen LogP contribution in [-0.4, -0.2) is 31.3 Å². The number of methoxy groups -OCH3 is 1. The number of halogens is 1. The van der Waals surface area contributed by atoms with Crippen LogP contribution in [0.5, 0.6) is 0 Å². The van der Waals surface area contributed by atoms with Crippen LogP contribution in [0.2, 0.25) is 0 Å². The normalized spacial score (nSPS) is 21.0. The maximum Gasteiger partial charge on any atom is 0.142 e. The molecule has 0 radical (unpaired) electrons. The van der Waals surface area contributed by atoms with Crippen molar-refractivity contribution in [3.8, 4) is 0 Å². The molecule has 0 saturated carbocycles. The van der Waals surface area contributed by atoms with Gasteiger partial charge in [-0.15, -0.1) is 0 Å². The van der Waals surface area contributed by atoms with Gasteiger partial charge in [-0.2, -0.15) is 0 Å². The van der Waals surface area contributed by atoms with Gasteiger partial charge in [-0.1, -0.05) is 0 Å². The first-order valence-electron chi connectivity index (χ1n) is 5.10. The molecule has 3 nitrogen and oxygen atoms in total. The van der Waals surface area contributed by atoms with Crippen LogP contribution in [0.25, 0.3) is 0 Å². The third kappa shape index (κ3) is 2.32. The second-order valence-electron chi connectivity index (χ2n) is 3.91. The van der Waals surface area contributed by atoms with Crippen molar-refractivity contribution in [1.82, 2.24) is 4.98 Å². The van der Waals surface area contributed by atoms with Crippen molar-refractivity contribution in [1.29, 1.82) is 0 Å². The Bertz CT molecular complexity index is 356. The van der Waals surface area contributed by atoms with E-state index in [2.05, 4.69) is 31.9 Å². The second-order valence-corrected chi connectivity index (χ2v) is 4.76. The van der Waals surface area contributed by atoms with E-state index in [1.807, 2.05) is 13.1 Å². The van der Waals surface area contributed by atoms with E-state index in [9.17, 15) is 0 Å². The summed E-state index contributed by atoms with van der Waals surface area (Å²) >= 11 is 3.55. The van der Waals surface area contributed by atoms with Gasteiger partial charge in [-0.25, -0.2) is 4.98 Å². The summed E-state index contributed by atoms with van der Waals surface area (Å²) in [7, 11) is 1.77. The molecule has 0 bridgehead atoms. The molecule has 0 aliphatic carbocycles. The predicted molar refractivity (Wildman–Crippen MR) is 64.3 cm³/mol. The van der Waals surface area contributed by atoms with E-state index in [1.54, 1.807) is 7.11 Å². The maximum absolute atomic E-state index is 5.34. The molecule has 1 atom stereocenters. The van der Waals surface area contributed by atoms with Crippen LogP contribution in [0, 0.1) is 6.92 Å². The van der Waals surface area contributed by atoms with E-state index >= 15 is 0 Å². The fourth-order valence-corrected chi connectivity index (χ4v) is 2.59. The van der Waals surface area contributed by atoms with Crippen molar-refractivity contribution in [3.63, 3.8) is 0 Å². The first kappa shape index (κ1) is 10.9. The minimum Gasteiger partial charge on any atom is -0.380 e. The van der Waals surface area contributed by atoms with Crippen LogP contribution in [0.1, 0.15) is 12.0 Å². The van der Waals surface area contributed by atoms with Crippen LogP contribution >= 0.6 is 15.9 Å². The Balaban J connectivity index is 2.17. The molecule has 1 unspecified atom stereocenters. The molecule has 1 fully saturated rings. The summed E-state index contributed by atoms with van der Waals surface area (Å²) in [6.45, 7) is 4.00. The fourth-order valence-electron chi connectivity index (χ4n) is 1.87. The number of aryl methyl sites for hydroxylation is 1. The van der Waals surface area contributed by atoms with Crippen LogP contribution < -0.4 is 4.90 Å². The molecule has 2 heterocycles. The maximum atomic E-state index is 5.34. The number of ether oxygens (including phenoxy) is 1. The number of hydrogen-bond acceptors (Lipinski definition) is 3. The second kappa shape index (κ2) is 4.49. The lowest BCUT2D eigenvalue weighted by Crippen LogP contribution is -2.23. The van der Waals surface area contributed by atoms with Crippen molar-refractivity contribution in [2.75, 3.05) is 25.1 Å². The van der Waals surface area contributed by atoms with Gasteiger partial charge in [0.2, 0.25) is 0 Å². The average molecular weight is 271 g/mol. The van der Waals surface area contributed by atoms with E-state index in [0.717, 1.165) is 29.8 Å². The minimum absolute atomic E-state index is 0.347. The Kier molecular flexibility index (Phi) is 3.26. The molecule has 82 valence electrons. The molecule has 0 spiro atoms. The Morgan fingerprint density at radius 3 is 3.00 bits per heavy atom. The van der Waals surface area contributed by atoms with Crippen molar-refractivity contribution >= 4 is 21.7 Å². The van der Waals surface area contributed by atoms with Crippen LogP contribution in [0.4, 0.5) is 5.82 Å². The van der Waals surface area contributed by atoms with Crippen LogP contribution in [-0.2, 0) is 4.74 Å². The highest BCUT2D eigenvalue weighted by Gasteiger charge is 2.24. The minimum atomic E-state index is 0.347. The molecule has 0 aromatic carbocycles. The highest BCUT2D eigenvalue weighted by molar-refractivity contribution is 9.10. The molecule has 4 heteroatoms. The summed E-state index contributed by atoms with van der Waals surface area (Å²) in [5, 5.41) is 0. The molecular weight excluding hydrogens is 256 g/mol. The van der Waals surface area contributed by atoms with Crippen LogP contribution in [0.15, 0.2) is 16.7 Å². The van der Waals surface area contributed by atoms with Crippen molar-refractivity contribution < 1.29 is 4.74 Å². The molecule has 2 rings (SSSR count). The Hall–Kier alpha value is -0.610. The molecule has 1 aliphatic heterocycles. The average Bonchev–Trinajstić information content (AvgIpc) is 2.66. The van der Waals surface area contributed by atoms with Gasteiger partial charge < -0.3 is 9.64 Å². The van der Waals surface area contributed by atoms with Gasteiger partial charge in [0.15, 0.2) is 0 Å². The molecule has 0 amide bonds. The van der Waals surface area contributed by atoms with Gasteiger partial charge >= 0.3 is 0 Å². The van der Waals surface area contributed by atoms with Gasteiger partial charge in [0, 0.05) is 26.4 Å². The van der Waals surface area contributed by atoms with Crippen molar-refractivity contribution in [2.45, 2.75) is 19.4 Å². The SMILES string of the molecule is COC1CCN(c2ncc(C)cc2Br)C1. The molecule has 1 saturated heterocycles. The van der Waals surface area contributed by atoms with E-state index in [0.29, 0.717) is 6.10 Å². The Morgan fingerprint density at radius 2 is 2.40 bits per heavy atom. The highest BCUT2D eigenvalue weighted by atomic mass is 79.9. The summed E-state index contributed by atoms with van der Waals surface area (Å²) in [6, 6.07) is 2.10. The molecule has 1 aromatic heterocycles. The summed E-state index contributed by atoms with van der Waals surface area (Å²) in [6.07, 6.45) is 3.33. The van der Waals surface area contributed by atoms with E-state index < -0.39 is 0 Å². The number of nitrogens with zero attached hydrogens (tertiary/aromatic N) is 2. The summed E-state index contributed by atoms with van der Waals surface area (Å²) in [4.78, 5) is 6.71. The number of anilines is 1. The lowest BCUT2D eigenvalue weighted by molar-refractivity contribution is 0.121. The predicted octanol–water partition coefficient (Wildman–Crippen LogP) is 2.38. The zero-order valence-electron chi connectivity index (χ0n) is 9.03. The summed E-state index contributed by atoms with van der Waals surface area (Å²) in [5.41, 5.74) is 1.17. The lowest BCUT2D eigenvalue weighted by Gasteiger charge is -2.18. The Morgan fingerprint density at radius 1 is 1.60 bits per heavy atom. The summed E-state index contributed by atoms with van der Waals surface area (Å²) in [5.74, 6) is 1.03. The number of hydrogen-bond donors (Lipinski definition) is 0. The monoisotopic (exact) mass is 270 g/mol. The summed E-state index contributed by atoms with van der Waals surface area (Å²) < 4.78 is 6.41. The van der Waals surface area contributed by atoms with Crippen LogP contribution in [0.3, 0.4) is 0 Å². The molecule has 15 heavy (non-hydrogen) atoms.